The Morgan fingerprint density at radius 1 is 1.38 bits per heavy atom. The topological polar surface area (TPSA) is 29.9 Å². The number of benzene rings is 1. The van der Waals surface area contributed by atoms with E-state index in [0.717, 1.165) is 29.2 Å². The van der Waals surface area contributed by atoms with E-state index < -0.39 is 0 Å². The molecule has 0 aliphatic heterocycles. The van der Waals surface area contributed by atoms with Crippen LogP contribution in [0.4, 0.5) is 4.39 Å². The molecule has 5 heteroatoms. The van der Waals surface area contributed by atoms with Crippen LogP contribution in [0.2, 0.25) is 0 Å². The molecule has 1 aromatic carbocycles. The van der Waals surface area contributed by atoms with Crippen molar-refractivity contribution in [3.05, 3.63) is 41.3 Å². The summed E-state index contributed by atoms with van der Waals surface area (Å²) in [6, 6.07) is 7.59. The molecule has 1 atom stereocenters. The zero-order valence-corrected chi connectivity index (χ0v) is 13.8. The zero-order valence-electron chi connectivity index (χ0n) is 13.0. The molecular weight excluding hydrogens is 285 g/mol. The highest BCUT2D eigenvalue weighted by Crippen LogP contribution is 2.31. The summed E-state index contributed by atoms with van der Waals surface area (Å²) in [5, 5.41) is 8.59. The van der Waals surface area contributed by atoms with Crippen molar-refractivity contribution >= 4 is 11.8 Å². The Hall–Kier alpha value is -1.33. The van der Waals surface area contributed by atoms with Gasteiger partial charge in [0.05, 0.1) is 10.7 Å². The van der Waals surface area contributed by atoms with Crippen molar-refractivity contribution in [2.24, 2.45) is 7.05 Å². The molecule has 0 aliphatic carbocycles. The van der Waals surface area contributed by atoms with Gasteiger partial charge in [-0.15, -0.1) is 0 Å². The highest BCUT2D eigenvalue weighted by Gasteiger charge is 2.11. The normalized spacial score (nSPS) is 12.6. The standard InChI is InChI=1S/C16H22FN3S/c1-5-8-18-12(3)13-6-7-15(14(17)10-13)21-16-9-11(2)19-20(16)4/h6-7,9-10,12,18H,5,8H2,1-4H3. The van der Waals surface area contributed by atoms with Gasteiger partial charge in [0.2, 0.25) is 0 Å². The average Bonchev–Trinajstić information content (AvgIpc) is 2.76. The van der Waals surface area contributed by atoms with E-state index in [-0.39, 0.29) is 11.9 Å². The summed E-state index contributed by atoms with van der Waals surface area (Å²) in [5.74, 6) is -0.179. The third-order valence-corrected chi connectivity index (χ3v) is 4.47. The number of hydrogen-bond donors (Lipinski definition) is 1. The maximum absolute atomic E-state index is 14.3. The lowest BCUT2D eigenvalue weighted by Crippen LogP contribution is -2.19. The molecule has 1 N–H and O–H groups in total. The summed E-state index contributed by atoms with van der Waals surface area (Å²) in [6.45, 7) is 7.05. The molecular formula is C16H22FN3S. The van der Waals surface area contributed by atoms with Crippen LogP contribution in [0.5, 0.6) is 0 Å². The van der Waals surface area contributed by atoms with E-state index in [0.29, 0.717) is 4.90 Å². The molecule has 0 saturated heterocycles. The second-order valence-corrected chi connectivity index (χ2v) is 6.28. The van der Waals surface area contributed by atoms with Gasteiger partial charge in [0.15, 0.2) is 0 Å². The molecule has 2 aromatic rings. The van der Waals surface area contributed by atoms with Crippen LogP contribution < -0.4 is 5.32 Å². The van der Waals surface area contributed by atoms with Crippen LogP contribution in [0.15, 0.2) is 34.2 Å². The summed E-state index contributed by atoms with van der Waals surface area (Å²) in [6.07, 6.45) is 1.07. The molecule has 1 aromatic heterocycles. The van der Waals surface area contributed by atoms with Crippen molar-refractivity contribution in [1.82, 2.24) is 15.1 Å². The fourth-order valence-corrected chi connectivity index (χ4v) is 3.06. The lowest BCUT2D eigenvalue weighted by atomic mass is 10.1. The fraction of sp³-hybridized carbons (Fsp3) is 0.438. The van der Waals surface area contributed by atoms with E-state index in [1.165, 1.54) is 11.8 Å². The number of rotatable bonds is 6. The number of aromatic nitrogens is 2. The van der Waals surface area contributed by atoms with Crippen molar-refractivity contribution in [2.75, 3.05) is 6.54 Å². The number of hydrogen-bond acceptors (Lipinski definition) is 3. The third kappa shape index (κ3) is 4.08. The molecule has 0 saturated carbocycles. The summed E-state index contributed by atoms with van der Waals surface area (Å²) >= 11 is 1.41. The van der Waals surface area contributed by atoms with Gasteiger partial charge in [0.1, 0.15) is 5.82 Å². The highest BCUT2D eigenvalue weighted by atomic mass is 32.2. The Morgan fingerprint density at radius 3 is 2.71 bits per heavy atom. The van der Waals surface area contributed by atoms with Crippen LogP contribution in [0.3, 0.4) is 0 Å². The molecule has 0 fully saturated rings. The van der Waals surface area contributed by atoms with Crippen LogP contribution in [0.1, 0.15) is 37.6 Å². The summed E-state index contributed by atoms with van der Waals surface area (Å²) in [5.41, 5.74) is 1.92. The van der Waals surface area contributed by atoms with Crippen molar-refractivity contribution in [2.45, 2.75) is 43.2 Å². The second kappa shape index (κ2) is 7.09. The van der Waals surface area contributed by atoms with Crippen LogP contribution >= 0.6 is 11.8 Å². The third-order valence-electron chi connectivity index (χ3n) is 3.33. The van der Waals surface area contributed by atoms with E-state index in [9.17, 15) is 4.39 Å². The maximum atomic E-state index is 14.3. The Bertz CT molecular complexity index is 610. The molecule has 0 amide bonds. The van der Waals surface area contributed by atoms with E-state index in [2.05, 4.69) is 24.3 Å². The molecule has 2 rings (SSSR count). The van der Waals surface area contributed by atoms with Gasteiger partial charge in [0.25, 0.3) is 0 Å². The molecule has 1 heterocycles. The van der Waals surface area contributed by atoms with Crippen molar-refractivity contribution in [3.8, 4) is 0 Å². The highest BCUT2D eigenvalue weighted by molar-refractivity contribution is 7.99. The predicted molar refractivity (Wildman–Crippen MR) is 85.2 cm³/mol. The van der Waals surface area contributed by atoms with Gasteiger partial charge in [-0.3, -0.25) is 4.68 Å². The maximum Gasteiger partial charge on any atom is 0.137 e. The first kappa shape index (κ1) is 16.0. The monoisotopic (exact) mass is 307 g/mol. The fourth-order valence-electron chi connectivity index (χ4n) is 2.14. The lowest BCUT2D eigenvalue weighted by Gasteiger charge is -2.14. The number of halogens is 1. The van der Waals surface area contributed by atoms with Gasteiger partial charge in [-0.1, -0.05) is 24.8 Å². The van der Waals surface area contributed by atoms with E-state index in [4.69, 9.17) is 0 Å². The molecule has 1 unspecified atom stereocenters. The Morgan fingerprint density at radius 2 is 2.14 bits per heavy atom. The zero-order chi connectivity index (χ0) is 15.4. The first-order valence-electron chi connectivity index (χ1n) is 7.22. The average molecular weight is 307 g/mol. The smallest absolute Gasteiger partial charge is 0.137 e. The van der Waals surface area contributed by atoms with E-state index in [1.807, 2.05) is 32.2 Å². The Kier molecular flexibility index (Phi) is 5.42. The van der Waals surface area contributed by atoms with Crippen molar-refractivity contribution in [1.29, 1.82) is 0 Å². The van der Waals surface area contributed by atoms with Crippen LogP contribution in [-0.2, 0) is 7.05 Å². The first-order chi connectivity index (χ1) is 10.0. The van der Waals surface area contributed by atoms with Crippen molar-refractivity contribution < 1.29 is 4.39 Å². The predicted octanol–water partition coefficient (Wildman–Crippen LogP) is 4.08. The number of nitrogens with one attached hydrogen (secondary N) is 1. The summed E-state index contributed by atoms with van der Waals surface area (Å²) < 4.78 is 16.1. The molecule has 114 valence electrons. The summed E-state index contributed by atoms with van der Waals surface area (Å²) in [4.78, 5) is 0.629. The first-order valence-corrected chi connectivity index (χ1v) is 8.04. The van der Waals surface area contributed by atoms with Crippen molar-refractivity contribution in [3.63, 3.8) is 0 Å². The van der Waals surface area contributed by atoms with Gasteiger partial charge in [-0.05, 0) is 50.6 Å². The number of aryl methyl sites for hydroxylation is 2. The van der Waals surface area contributed by atoms with Gasteiger partial charge in [-0.25, -0.2) is 4.39 Å². The molecule has 0 radical (unpaired) electrons. The lowest BCUT2D eigenvalue weighted by molar-refractivity contribution is 0.556. The minimum Gasteiger partial charge on any atom is -0.310 e. The molecule has 0 spiro atoms. The van der Waals surface area contributed by atoms with E-state index >= 15 is 0 Å². The second-order valence-electron chi connectivity index (χ2n) is 5.22. The minimum absolute atomic E-state index is 0.164. The van der Waals surface area contributed by atoms with Gasteiger partial charge in [-0.2, -0.15) is 5.10 Å². The molecule has 3 nitrogen and oxygen atoms in total. The van der Waals surface area contributed by atoms with Crippen LogP contribution in [0, 0.1) is 12.7 Å². The number of nitrogens with zero attached hydrogens (tertiary/aromatic N) is 2. The van der Waals surface area contributed by atoms with Crippen LogP contribution in [0.25, 0.3) is 0 Å². The van der Waals surface area contributed by atoms with E-state index in [1.54, 1.807) is 10.7 Å². The van der Waals surface area contributed by atoms with Crippen LogP contribution in [-0.4, -0.2) is 16.3 Å². The van der Waals surface area contributed by atoms with Gasteiger partial charge >= 0.3 is 0 Å². The largest absolute Gasteiger partial charge is 0.310 e. The molecule has 0 bridgehead atoms. The molecule has 0 aliphatic rings. The van der Waals surface area contributed by atoms with Gasteiger partial charge in [0, 0.05) is 18.0 Å². The Balaban J connectivity index is 2.14. The van der Waals surface area contributed by atoms with Gasteiger partial charge < -0.3 is 5.32 Å². The minimum atomic E-state index is -0.179. The summed E-state index contributed by atoms with van der Waals surface area (Å²) in [7, 11) is 1.87. The quantitative estimate of drug-likeness (QED) is 0.872. The SMILES string of the molecule is CCCNC(C)c1ccc(Sc2cc(C)nn2C)c(F)c1. The molecule has 21 heavy (non-hydrogen) atoms. The Labute approximate surface area is 129 Å².